The van der Waals surface area contributed by atoms with E-state index < -0.39 is 23.1 Å². The predicted octanol–water partition coefficient (Wildman–Crippen LogP) is 3.26. The maximum atomic E-state index is 12.5. The molecule has 0 amide bonds. The Morgan fingerprint density at radius 3 is 1.29 bits per heavy atom. The Bertz CT molecular complexity index is 348. The molecule has 0 rings (SSSR count). The number of carbonyl (C=O) groups excluding carboxylic acids is 2. The lowest BCUT2D eigenvalue weighted by molar-refractivity contribution is -0.218. The van der Waals surface area contributed by atoms with Gasteiger partial charge in [-0.05, 0) is 26.7 Å². The average Bonchev–Trinajstić information content (AvgIpc) is 2.60. The molecule has 0 radical (unpaired) electrons. The molecule has 0 N–H and O–H groups in total. The monoisotopic (exact) mass is 346 g/mol. The van der Waals surface area contributed by atoms with E-state index in [1.54, 1.807) is 0 Å². The van der Waals surface area contributed by atoms with Gasteiger partial charge in [0.15, 0.2) is 0 Å². The van der Waals surface area contributed by atoms with Crippen LogP contribution in [-0.2, 0) is 28.5 Å². The number of ether oxygens (including phenoxy) is 4. The highest BCUT2D eigenvalue weighted by Gasteiger charge is 2.59. The summed E-state index contributed by atoms with van der Waals surface area (Å²) in [5.41, 5.74) is -3.17. The summed E-state index contributed by atoms with van der Waals surface area (Å²) in [5.74, 6) is -1.26. The summed E-state index contributed by atoms with van der Waals surface area (Å²) in [6, 6.07) is 0. The zero-order valence-corrected chi connectivity index (χ0v) is 16.1. The summed E-state index contributed by atoms with van der Waals surface area (Å²) in [6.07, 6.45) is 5.54. The van der Waals surface area contributed by atoms with Gasteiger partial charge in [-0.25, -0.2) is 9.59 Å². The van der Waals surface area contributed by atoms with Crippen LogP contribution in [0.2, 0.25) is 0 Å². The summed E-state index contributed by atoms with van der Waals surface area (Å²) in [4.78, 5) is 25.0. The van der Waals surface area contributed by atoms with Crippen LogP contribution >= 0.6 is 0 Å². The first-order valence-corrected chi connectivity index (χ1v) is 8.78. The molecule has 0 fully saturated rings. The van der Waals surface area contributed by atoms with Crippen LogP contribution in [-0.4, -0.2) is 50.6 Å². The molecule has 0 spiro atoms. The molecule has 0 aliphatic heterocycles. The first-order valence-electron chi connectivity index (χ1n) is 8.78. The first kappa shape index (κ1) is 22.9. The van der Waals surface area contributed by atoms with E-state index in [-0.39, 0.29) is 13.2 Å². The van der Waals surface area contributed by atoms with Crippen molar-refractivity contribution in [3.05, 3.63) is 0 Å². The fraction of sp³-hybridized carbons (Fsp3) is 0.889. The van der Waals surface area contributed by atoms with Gasteiger partial charge in [-0.1, -0.05) is 39.5 Å². The van der Waals surface area contributed by atoms with Gasteiger partial charge in [-0.3, -0.25) is 0 Å². The van der Waals surface area contributed by atoms with Gasteiger partial charge in [-0.15, -0.1) is 0 Å². The zero-order chi connectivity index (χ0) is 18.6. The van der Waals surface area contributed by atoms with Crippen LogP contribution in [0.4, 0.5) is 0 Å². The van der Waals surface area contributed by atoms with Crippen LogP contribution < -0.4 is 0 Å². The Labute approximate surface area is 146 Å². The van der Waals surface area contributed by atoms with Crippen molar-refractivity contribution in [2.75, 3.05) is 27.4 Å². The van der Waals surface area contributed by atoms with E-state index in [1.807, 2.05) is 0 Å². The molecule has 0 aliphatic carbocycles. The van der Waals surface area contributed by atoms with Crippen LogP contribution in [0.15, 0.2) is 0 Å². The van der Waals surface area contributed by atoms with Crippen molar-refractivity contribution in [1.29, 1.82) is 0 Å². The van der Waals surface area contributed by atoms with E-state index in [4.69, 9.17) is 18.9 Å². The number of esters is 2. The highest BCUT2D eigenvalue weighted by atomic mass is 16.6. The molecule has 0 saturated heterocycles. The van der Waals surface area contributed by atoms with E-state index >= 15 is 0 Å². The third kappa shape index (κ3) is 5.74. The second-order valence-corrected chi connectivity index (χ2v) is 6.16. The van der Waals surface area contributed by atoms with E-state index in [1.165, 1.54) is 28.1 Å². The largest absolute Gasteiger partial charge is 0.463 e. The maximum absolute atomic E-state index is 12.5. The van der Waals surface area contributed by atoms with E-state index in [2.05, 4.69) is 13.8 Å². The lowest BCUT2D eigenvalue weighted by Crippen LogP contribution is -2.63. The summed E-state index contributed by atoms with van der Waals surface area (Å²) in [5, 5.41) is 0. The van der Waals surface area contributed by atoms with Gasteiger partial charge in [-0.2, -0.15) is 0 Å². The second kappa shape index (κ2) is 11.4. The Morgan fingerprint density at radius 2 is 1.04 bits per heavy atom. The Morgan fingerprint density at radius 1 is 0.708 bits per heavy atom. The van der Waals surface area contributed by atoms with Crippen molar-refractivity contribution in [2.45, 2.75) is 77.4 Å². The Kier molecular flexibility index (Phi) is 10.9. The standard InChI is InChI=1S/C18H34O6/c1-7-9-11-13-23-15(19)17(3,21-5)18(4,22-6)16(20)24-14-12-10-8-2/h7-14H2,1-6H3. The van der Waals surface area contributed by atoms with Crippen molar-refractivity contribution < 1.29 is 28.5 Å². The third-order valence-electron chi connectivity index (χ3n) is 4.47. The molecule has 0 aromatic carbocycles. The van der Waals surface area contributed by atoms with Gasteiger partial charge in [0.1, 0.15) is 0 Å². The van der Waals surface area contributed by atoms with Crippen LogP contribution in [0.5, 0.6) is 0 Å². The van der Waals surface area contributed by atoms with Crippen molar-refractivity contribution in [2.24, 2.45) is 0 Å². The van der Waals surface area contributed by atoms with E-state index in [9.17, 15) is 9.59 Å². The van der Waals surface area contributed by atoms with Gasteiger partial charge in [0.05, 0.1) is 13.2 Å². The smallest absolute Gasteiger partial charge is 0.341 e. The van der Waals surface area contributed by atoms with E-state index in [0.29, 0.717) is 0 Å². The van der Waals surface area contributed by atoms with Gasteiger partial charge >= 0.3 is 11.9 Å². The molecule has 0 bridgehead atoms. The second-order valence-electron chi connectivity index (χ2n) is 6.16. The van der Waals surface area contributed by atoms with Crippen molar-refractivity contribution in [3.63, 3.8) is 0 Å². The molecule has 142 valence electrons. The lowest BCUT2D eigenvalue weighted by atomic mass is 9.85. The minimum atomic E-state index is -1.59. The SMILES string of the molecule is CCCCCOC(=O)C(C)(OC)C(C)(OC)C(=O)OCCCCC. The van der Waals surface area contributed by atoms with Crippen LogP contribution in [0.25, 0.3) is 0 Å². The summed E-state index contributed by atoms with van der Waals surface area (Å²) < 4.78 is 21.3. The number of carbonyl (C=O) groups is 2. The van der Waals surface area contributed by atoms with Crippen molar-refractivity contribution in [1.82, 2.24) is 0 Å². The number of hydrogen-bond donors (Lipinski definition) is 0. The number of unbranched alkanes of at least 4 members (excludes halogenated alkanes) is 4. The fourth-order valence-electron chi connectivity index (χ4n) is 2.25. The van der Waals surface area contributed by atoms with Crippen LogP contribution in [0.1, 0.15) is 66.2 Å². The molecule has 6 nitrogen and oxygen atoms in total. The first-order chi connectivity index (χ1) is 11.3. The summed E-state index contributed by atoms with van der Waals surface area (Å²) in [7, 11) is 2.71. The highest BCUT2D eigenvalue weighted by Crippen LogP contribution is 2.32. The molecule has 0 aromatic heterocycles. The number of methoxy groups -OCH3 is 2. The Balaban J connectivity index is 5.00. The van der Waals surface area contributed by atoms with Crippen LogP contribution in [0.3, 0.4) is 0 Å². The minimum absolute atomic E-state index is 0.289. The Hall–Kier alpha value is -1.14. The van der Waals surface area contributed by atoms with Gasteiger partial charge in [0, 0.05) is 14.2 Å². The van der Waals surface area contributed by atoms with Gasteiger partial charge in [0.25, 0.3) is 0 Å². The van der Waals surface area contributed by atoms with Crippen molar-refractivity contribution >= 4 is 11.9 Å². The number of rotatable bonds is 13. The topological polar surface area (TPSA) is 71.1 Å². The molecular formula is C18H34O6. The van der Waals surface area contributed by atoms with Crippen molar-refractivity contribution in [3.8, 4) is 0 Å². The minimum Gasteiger partial charge on any atom is -0.463 e. The molecule has 24 heavy (non-hydrogen) atoms. The molecule has 2 atom stereocenters. The van der Waals surface area contributed by atoms with E-state index in [0.717, 1.165) is 38.5 Å². The fourth-order valence-corrected chi connectivity index (χ4v) is 2.25. The van der Waals surface area contributed by atoms with Gasteiger partial charge < -0.3 is 18.9 Å². The normalized spacial score (nSPS) is 16.1. The molecular weight excluding hydrogens is 312 g/mol. The van der Waals surface area contributed by atoms with Gasteiger partial charge in [0.2, 0.25) is 11.2 Å². The quantitative estimate of drug-likeness (QED) is 0.376. The third-order valence-corrected chi connectivity index (χ3v) is 4.47. The summed E-state index contributed by atoms with van der Waals surface area (Å²) >= 11 is 0. The molecule has 0 aliphatic rings. The summed E-state index contributed by atoms with van der Waals surface area (Å²) in [6.45, 7) is 7.70. The molecule has 0 saturated carbocycles. The average molecular weight is 346 g/mol. The number of hydrogen-bond acceptors (Lipinski definition) is 6. The predicted molar refractivity (Wildman–Crippen MR) is 91.8 cm³/mol. The van der Waals surface area contributed by atoms with Crippen LogP contribution in [0, 0.1) is 0 Å². The molecule has 0 heterocycles. The zero-order valence-electron chi connectivity index (χ0n) is 16.1. The molecule has 0 aromatic rings. The molecule has 6 heteroatoms. The maximum Gasteiger partial charge on any atom is 0.341 e. The highest BCUT2D eigenvalue weighted by molar-refractivity contribution is 5.92. The molecule has 2 unspecified atom stereocenters. The lowest BCUT2D eigenvalue weighted by Gasteiger charge is -2.39.